The first-order chi connectivity index (χ1) is 10.8. The van der Waals surface area contributed by atoms with Crippen LogP contribution in [0.15, 0.2) is 0 Å². The van der Waals surface area contributed by atoms with E-state index >= 15 is 0 Å². The van der Waals surface area contributed by atoms with Gasteiger partial charge >= 0.3 is 12.3 Å². The molecule has 13 heteroatoms. The van der Waals surface area contributed by atoms with E-state index in [0.29, 0.717) is 0 Å². The zero-order chi connectivity index (χ0) is 19.0. The van der Waals surface area contributed by atoms with Crippen molar-refractivity contribution in [3.63, 3.8) is 0 Å². The van der Waals surface area contributed by atoms with Crippen molar-refractivity contribution in [1.29, 1.82) is 0 Å². The number of alkyl halides is 7. The number of hydrogen-bond donors (Lipinski definition) is 0. The highest BCUT2D eigenvalue weighted by molar-refractivity contribution is 5.30. The summed E-state index contributed by atoms with van der Waals surface area (Å²) in [6, 6.07) is 0. The van der Waals surface area contributed by atoms with Crippen molar-refractivity contribution in [2.24, 2.45) is 0 Å². The smallest absolute Gasteiger partial charge is 0.346 e. The standard InChI is InChI=1S/C11H4F12O/c12-1-2(13)4(15)7(5(16)3(1)14)24-10(21)11(22,23)8(18)6(17)9(19)20/h6,8-10H. The second-order valence-electron chi connectivity index (χ2n) is 4.19. The van der Waals surface area contributed by atoms with Gasteiger partial charge in [-0.15, -0.1) is 0 Å². The lowest BCUT2D eigenvalue weighted by Gasteiger charge is -2.26. The van der Waals surface area contributed by atoms with E-state index in [4.69, 9.17) is 0 Å². The average Bonchev–Trinajstić information content (AvgIpc) is 2.53. The zero-order valence-corrected chi connectivity index (χ0v) is 10.8. The second-order valence-corrected chi connectivity index (χ2v) is 4.19. The molecule has 0 saturated heterocycles. The molecule has 1 nitrogen and oxygen atoms in total. The van der Waals surface area contributed by atoms with Crippen LogP contribution < -0.4 is 4.74 Å². The van der Waals surface area contributed by atoms with E-state index in [2.05, 4.69) is 4.74 Å². The van der Waals surface area contributed by atoms with Gasteiger partial charge in [0.25, 0.3) is 6.43 Å². The summed E-state index contributed by atoms with van der Waals surface area (Å²) in [7, 11) is 0. The van der Waals surface area contributed by atoms with Crippen molar-refractivity contribution < 1.29 is 57.4 Å². The number of rotatable bonds is 6. The van der Waals surface area contributed by atoms with Crippen LogP contribution in [0.2, 0.25) is 0 Å². The Balaban J connectivity index is 3.18. The van der Waals surface area contributed by atoms with Crippen LogP contribution in [0, 0.1) is 29.1 Å². The predicted molar refractivity (Wildman–Crippen MR) is 52.5 cm³/mol. The van der Waals surface area contributed by atoms with Gasteiger partial charge in [-0.2, -0.15) is 22.0 Å². The minimum Gasteiger partial charge on any atom is -0.448 e. The van der Waals surface area contributed by atoms with Crippen molar-refractivity contribution in [3.8, 4) is 5.75 Å². The van der Waals surface area contributed by atoms with Crippen molar-refractivity contribution in [1.82, 2.24) is 0 Å². The molecule has 0 aliphatic carbocycles. The fraction of sp³-hybridized carbons (Fsp3) is 0.455. The maximum Gasteiger partial charge on any atom is 0.346 e. The Morgan fingerprint density at radius 2 is 1.04 bits per heavy atom. The molecule has 1 aromatic rings. The van der Waals surface area contributed by atoms with E-state index in [-0.39, 0.29) is 0 Å². The molecule has 0 fully saturated rings. The Morgan fingerprint density at radius 1 is 0.667 bits per heavy atom. The molecule has 24 heavy (non-hydrogen) atoms. The Morgan fingerprint density at radius 3 is 1.42 bits per heavy atom. The van der Waals surface area contributed by atoms with Crippen molar-refractivity contribution >= 4 is 0 Å². The van der Waals surface area contributed by atoms with Gasteiger partial charge in [0.2, 0.25) is 41.0 Å². The van der Waals surface area contributed by atoms with Crippen molar-refractivity contribution in [3.05, 3.63) is 29.1 Å². The summed E-state index contributed by atoms with van der Waals surface area (Å²) in [5.74, 6) is -22.2. The molecule has 1 aromatic carbocycles. The van der Waals surface area contributed by atoms with E-state index in [0.717, 1.165) is 0 Å². The monoisotopic (exact) mass is 380 g/mol. The number of benzene rings is 1. The maximum absolute atomic E-state index is 13.2. The normalized spacial score (nSPS) is 16.2. The molecule has 3 atom stereocenters. The van der Waals surface area contributed by atoms with Crippen molar-refractivity contribution in [2.75, 3.05) is 0 Å². The minimum atomic E-state index is -5.74. The lowest BCUT2D eigenvalue weighted by molar-refractivity contribution is -0.213. The van der Waals surface area contributed by atoms with Gasteiger partial charge in [-0.25, -0.2) is 30.7 Å². The molecule has 138 valence electrons. The first-order valence-electron chi connectivity index (χ1n) is 5.60. The van der Waals surface area contributed by atoms with Crippen LogP contribution in [-0.4, -0.2) is 31.0 Å². The summed E-state index contributed by atoms with van der Waals surface area (Å²) in [6.07, 6.45) is -17.6. The molecule has 0 heterocycles. The van der Waals surface area contributed by atoms with E-state index in [1.54, 1.807) is 0 Å². The Kier molecular flexibility index (Phi) is 5.87. The molecular weight excluding hydrogens is 376 g/mol. The summed E-state index contributed by atoms with van der Waals surface area (Å²) in [4.78, 5) is 0. The first kappa shape index (κ1) is 20.2. The predicted octanol–water partition coefficient (Wildman–Crippen LogP) is 4.63. The Labute approximate surface area is 124 Å². The lowest BCUT2D eigenvalue weighted by atomic mass is 10.1. The number of halogens is 12. The van der Waals surface area contributed by atoms with Crippen LogP contribution in [0.3, 0.4) is 0 Å². The van der Waals surface area contributed by atoms with Gasteiger partial charge in [-0.05, 0) is 0 Å². The van der Waals surface area contributed by atoms with Crippen LogP contribution in [0.5, 0.6) is 5.75 Å². The molecule has 0 saturated carbocycles. The number of hydrogen-bond acceptors (Lipinski definition) is 1. The van der Waals surface area contributed by atoms with Crippen molar-refractivity contribution in [2.45, 2.75) is 31.0 Å². The van der Waals surface area contributed by atoms with Crippen LogP contribution in [0.1, 0.15) is 0 Å². The van der Waals surface area contributed by atoms with Crippen LogP contribution >= 0.6 is 0 Å². The van der Waals surface area contributed by atoms with Gasteiger partial charge in [0.15, 0.2) is 6.17 Å². The third kappa shape index (κ3) is 3.48. The maximum atomic E-state index is 13.2. The molecule has 0 aliphatic rings. The molecule has 0 radical (unpaired) electrons. The fourth-order valence-electron chi connectivity index (χ4n) is 1.34. The van der Waals surface area contributed by atoms with E-state index in [9.17, 15) is 52.7 Å². The van der Waals surface area contributed by atoms with Gasteiger partial charge in [-0.3, -0.25) is 0 Å². The lowest BCUT2D eigenvalue weighted by Crippen LogP contribution is -2.49. The molecule has 1 rings (SSSR count). The second kappa shape index (κ2) is 6.97. The largest absolute Gasteiger partial charge is 0.448 e. The average molecular weight is 380 g/mol. The molecule has 0 aliphatic heterocycles. The van der Waals surface area contributed by atoms with Crippen LogP contribution in [0.25, 0.3) is 0 Å². The third-order valence-corrected chi connectivity index (χ3v) is 2.58. The van der Waals surface area contributed by atoms with E-state index in [1.165, 1.54) is 0 Å². The van der Waals surface area contributed by atoms with Crippen LogP contribution in [-0.2, 0) is 0 Å². The summed E-state index contributed by atoms with van der Waals surface area (Å²) < 4.78 is 156. The van der Waals surface area contributed by atoms with Gasteiger partial charge in [0.05, 0.1) is 0 Å². The molecule has 0 aromatic heterocycles. The fourth-order valence-corrected chi connectivity index (χ4v) is 1.34. The highest BCUT2D eigenvalue weighted by Crippen LogP contribution is 2.37. The molecule has 3 unspecified atom stereocenters. The Hall–Kier alpha value is -1.82. The minimum absolute atomic E-state index is 2.56. The van der Waals surface area contributed by atoms with E-state index in [1.807, 2.05) is 0 Å². The molecule has 0 spiro atoms. The first-order valence-corrected chi connectivity index (χ1v) is 5.60. The van der Waals surface area contributed by atoms with E-state index < -0.39 is 65.9 Å². The topological polar surface area (TPSA) is 9.23 Å². The Bertz CT molecular complexity index is 574. The van der Waals surface area contributed by atoms with Gasteiger partial charge in [0, 0.05) is 0 Å². The zero-order valence-electron chi connectivity index (χ0n) is 10.8. The summed E-state index contributed by atoms with van der Waals surface area (Å²) in [5, 5.41) is 0. The quantitative estimate of drug-likeness (QED) is 0.397. The van der Waals surface area contributed by atoms with Gasteiger partial charge < -0.3 is 4.74 Å². The highest BCUT2D eigenvalue weighted by atomic mass is 19.3. The molecular formula is C11H4F12O. The third-order valence-electron chi connectivity index (χ3n) is 2.58. The van der Waals surface area contributed by atoms with Gasteiger partial charge in [0.1, 0.15) is 0 Å². The summed E-state index contributed by atoms with van der Waals surface area (Å²) in [5.41, 5.74) is 0. The SMILES string of the molecule is Fc1c(F)c(F)c(OC(F)C(F)(F)C(F)C(F)C(F)F)c(F)c1F. The highest BCUT2D eigenvalue weighted by Gasteiger charge is 2.57. The van der Waals surface area contributed by atoms with Crippen LogP contribution in [0.4, 0.5) is 52.7 Å². The summed E-state index contributed by atoms with van der Waals surface area (Å²) >= 11 is 0. The number of ether oxygens (including phenoxy) is 1. The summed E-state index contributed by atoms with van der Waals surface area (Å²) in [6.45, 7) is 0. The molecule has 0 bridgehead atoms. The molecule has 0 N–H and O–H groups in total. The molecule has 0 amide bonds. The van der Waals surface area contributed by atoms with Gasteiger partial charge in [-0.1, -0.05) is 0 Å².